The Balaban J connectivity index is 1.80. The predicted molar refractivity (Wildman–Crippen MR) is 87.3 cm³/mol. The van der Waals surface area contributed by atoms with Crippen molar-refractivity contribution in [2.75, 3.05) is 0 Å². The normalized spacial score (nSPS) is 23.6. The lowest BCUT2D eigenvalue weighted by Gasteiger charge is -2.32. The molecule has 1 atom stereocenters. The monoisotopic (exact) mass is 270 g/mol. The Kier molecular flexibility index (Phi) is 4.81. The average Bonchev–Trinajstić information content (AvgIpc) is 2.56. The van der Waals surface area contributed by atoms with Gasteiger partial charge >= 0.3 is 0 Å². The minimum atomic E-state index is 0.772. The molecule has 0 aromatic heterocycles. The van der Waals surface area contributed by atoms with E-state index in [9.17, 15) is 0 Å². The lowest BCUT2D eigenvalue weighted by atomic mass is 9.73. The highest BCUT2D eigenvalue weighted by atomic mass is 14.3. The molecule has 2 saturated carbocycles. The van der Waals surface area contributed by atoms with Crippen LogP contribution in [0.25, 0.3) is 0 Å². The van der Waals surface area contributed by atoms with Gasteiger partial charge in [-0.2, -0.15) is 0 Å². The van der Waals surface area contributed by atoms with Crippen LogP contribution in [0.4, 0.5) is 0 Å². The Hall–Kier alpha value is -0.780. The van der Waals surface area contributed by atoms with Crippen molar-refractivity contribution in [3.63, 3.8) is 0 Å². The van der Waals surface area contributed by atoms with Crippen molar-refractivity contribution in [2.24, 2.45) is 5.92 Å². The molecule has 0 N–H and O–H groups in total. The summed E-state index contributed by atoms with van der Waals surface area (Å²) in [5.74, 6) is 2.56. The Bertz CT molecular complexity index is 408. The third-order valence-corrected chi connectivity index (χ3v) is 5.89. The zero-order chi connectivity index (χ0) is 13.8. The van der Waals surface area contributed by atoms with Crippen LogP contribution in [0.2, 0.25) is 0 Å². The molecular formula is C20H30. The highest BCUT2D eigenvalue weighted by Crippen LogP contribution is 2.41. The molecule has 2 aliphatic rings. The van der Waals surface area contributed by atoms with Gasteiger partial charge in [0.25, 0.3) is 0 Å². The molecule has 1 aromatic carbocycles. The smallest absolute Gasteiger partial charge is 0.0159 e. The molecule has 0 spiro atoms. The topological polar surface area (TPSA) is 0 Å². The van der Waals surface area contributed by atoms with Gasteiger partial charge in [0.15, 0.2) is 0 Å². The van der Waals surface area contributed by atoms with Crippen LogP contribution in [-0.4, -0.2) is 0 Å². The van der Waals surface area contributed by atoms with E-state index in [0.717, 1.165) is 17.8 Å². The first-order valence-corrected chi connectivity index (χ1v) is 8.95. The van der Waals surface area contributed by atoms with E-state index in [2.05, 4.69) is 31.2 Å². The highest BCUT2D eigenvalue weighted by molar-refractivity contribution is 5.34. The maximum absolute atomic E-state index is 2.50. The quantitative estimate of drug-likeness (QED) is 0.594. The zero-order valence-electron chi connectivity index (χ0n) is 13.1. The number of rotatable bonds is 3. The maximum atomic E-state index is 2.50. The zero-order valence-corrected chi connectivity index (χ0v) is 13.1. The third kappa shape index (κ3) is 3.10. The van der Waals surface area contributed by atoms with Crippen LogP contribution in [0, 0.1) is 5.92 Å². The van der Waals surface area contributed by atoms with Crippen molar-refractivity contribution in [2.45, 2.75) is 83.0 Å². The molecule has 1 aromatic rings. The van der Waals surface area contributed by atoms with Gasteiger partial charge in [-0.1, -0.05) is 69.7 Å². The molecular weight excluding hydrogens is 240 g/mol. The molecule has 0 aliphatic heterocycles. The SMILES string of the molecule is CC(c1ccccc1C1CCCCC1)C1CCCCC1. The van der Waals surface area contributed by atoms with E-state index in [1.807, 2.05) is 0 Å². The van der Waals surface area contributed by atoms with Gasteiger partial charge in [-0.05, 0) is 54.6 Å². The van der Waals surface area contributed by atoms with Gasteiger partial charge in [0, 0.05) is 0 Å². The van der Waals surface area contributed by atoms with Crippen LogP contribution in [0.1, 0.15) is 94.1 Å². The Morgan fingerprint density at radius 3 is 2.10 bits per heavy atom. The molecule has 3 rings (SSSR count). The van der Waals surface area contributed by atoms with E-state index in [1.165, 1.54) is 64.2 Å². The van der Waals surface area contributed by atoms with Crippen molar-refractivity contribution in [3.8, 4) is 0 Å². The molecule has 20 heavy (non-hydrogen) atoms. The first-order valence-electron chi connectivity index (χ1n) is 8.95. The maximum Gasteiger partial charge on any atom is -0.0159 e. The first-order chi connectivity index (χ1) is 9.86. The summed E-state index contributed by atoms with van der Waals surface area (Å²) in [6, 6.07) is 9.40. The number of hydrogen-bond donors (Lipinski definition) is 0. The molecule has 0 heterocycles. The Morgan fingerprint density at radius 1 is 0.800 bits per heavy atom. The van der Waals surface area contributed by atoms with Crippen LogP contribution >= 0.6 is 0 Å². The largest absolute Gasteiger partial charge is 0.0620 e. The molecule has 0 saturated heterocycles. The van der Waals surface area contributed by atoms with E-state index in [0.29, 0.717) is 0 Å². The van der Waals surface area contributed by atoms with Crippen molar-refractivity contribution in [1.82, 2.24) is 0 Å². The van der Waals surface area contributed by atoms with Gasteiger partial charge in [0.1, 0.15) is 0 Å². The minimum Gasteiger partial charge on any atom is -0.0620 e. The molecule has 0 amide bonds. The van der Waals surface area contributed by atoms with Crippen molar-refractivity contribution in [3.05, 3.63) is 35.4 Å². The standard InChI is InChI=1S/C20H30/c1-16(17-10-4-2-5-11-17)19-14-8-9-15-20(19)18-12-6-3-7-13-18/h8-9,14-18H,2-7,10-13H2,1H3. The summed E-state index contributed by atoms with van der Waals surface area (Å²) < 4.78 is 0. The fraction of sp³-hybridized carbons (Fsp3) is 0.700. The summed E-state index contributed by atoms with van der Waals surface area (Å²) in [4.78, 5) is 0. The second kappa shape index (κ2) is 6.78. The van der Waals surface area contributed by atoms with E-state index in [4.69, 9.17) is 0 Å². The van der Waals surface area contributed by atoms with Gasteiger partial charge in [-0.3, -0.25) is 0 Å². The summed E-state index contributed by atoms with van der Waals surface area (Å²) in [6.45, 7) is 2.50. The summed E-state index contributed by atoms with van der Waals surface area (Å²) in [6.07, 6.45) is 14.5. The third-order valence-electron chi connectivity index (χ3n) is 5.89. The lowest BCUT2D eigenvalue weighted by molar-refractivity contribution is 0.313. The summed E-state index contributed by atoms with van der Waals surface area (Å²) in [5.41, 5.74) is 3.39. The van der Waals surface area contributed by atoms with Gasteiger partial charge < -0.3 is 0 Å². The lowest BCUT2D eigenvalue weighted by Crippen LogP contribution is -2.17. The van der Waals surface area contributed by atoms with Crippen molar-refractivity contribution < 1.29 is 0 Å². The molecule has 0 bridgehead atoms. The van der Waals surface area contributed by atoms with Crippen LogP contribution in [0.15, 0.2) is 24.3 Å². The van der Waals surface area contributed by atoms with E-state index in [1.54, 1.807) is 11.1 Å². The first kappa shape index (κ1) is 14.2. The van der Waals surface area contributed by atoms with Crippen LogP contribution in [-0.2, 0) is 0 Å². The molecule has 0 radical (unpaired) electrons. The van der Waals surface area contributed by atoms with E-state index < -0.39 is 0 Å². The van der Waals surface area contributed by atoms with Crippen molar-refractivity contribution in [1.29, 1.82) is 0 Å². The van der Waals surface area contributed by atoms with Crippen LogP contribution in [0.5, 0.6) is 0 Å². The Labute approximate surface area is 125 Å². The van der Waals surface area contributed by atoms with Crippen LogP contribution < -0.4 is 0 Å². The molecule has 1 unspecified atom stereocenters. The molecule has 0 nitrogen and oxygen atoms in total. The Morgan fingerprint density at radius 2 is 1.40 bits per heavy atom. The second-order valence-corrected chi connectivity index (χ2v) is 7.15. The average molecular weight is 270 g/mol. The van der Waals surface area contributed by atoms with E-state index in [-0.39, 0.29) is 0 Å². The number of benzene rings is 1. The van der Waals surface area contributed by atoms with Crippen LogP contribution in [0.3, 0.4) is 0 Å². The number of hydrogen-bond acceptors (Lipinski definition) is 0. The molecule has 2 fully saturated rings. The predicted octanol–water partition coefficient (Wildman–Crippen LogP) is 6.42. The van der Waals surface area contributed by atoms with Crippen molar-refractivity contribution >= 4 is 0 Å². The van der Waals surface area contributed by atoms with E-state index >= 15 is 0 Å². The van der Waals surface area contributed by atoms with Gasteiger partial charge in [0.2, 0.25) is 0 Å². The van der Waals surface area contributed by atoms with Gasteiger partial charge in [0.05, 0.1) is 0 Å². The van der Waals surface area contributed by atoms with Gasteiger partial charge in [-0.25, -0.2) is 0 Å². The second-order valence-electron chi connectivity index (χ2n) is 7.15. The molecule has 0 heteroatoms. The fourth-order valence-corrected chi connectivity index (χ4v) is 4.60. The minimum absolute atomic E-state index is 0.772. The summed E-state index contributed by atoms with van der Waals surface area (Å²) in [7, 11) is 0. The highest BCUT2D eigenvalue weighted by Gasteiger charge is 2.25. The summed E-state index contributed by atoms with van der Waals surface area (Å²) in [5, 5.41) is 0. The summed E-state index contributed by atoms with van der Waals surface area (Å²) >= 11 is 0. The molecule has 110 valence electrons. The fourth-order valence-electron chi connectivity index (χ4n) is 4.60. The molecule has 2 aliphatic carbocycles. The van der Waals surface area contributed by atoms with Gasteiger partial charge in [-0.15, -0.1) is 0 Å².